The second kappa shape index (κ2) is 5.61. The molecule has 0 unspecified atom stereocenters. The van der Waals surface area contributed by atoms with Gasteiger partial charge < -0.3 is 10.2 Å². The molecule has 1 rings (SSSR count). The molecule has 0 aliphatic heterocycles. The van der Waals surface area contributed by atoms with Gasteiger partial charge in [-0.25, -0.2) is 4.79 Å². The number of urea groups is 1. The zero-order valence-corrected chi connectivity index (χ0v) is 9.71. The molecule has 0 fully saturated rings. The van der Waals surface area contributed by atoms with Crippen LogP contribution in [0.3, 0.4) is 0 Å². The number of nitrogens with one attached hydrogen (secondary N) is 1. The summed E-state index contributed by atoms with van der Waals surface area (Å²) in [5.74, 6) is 0. The number of rotatable bonds is 3. The van der Waals surface area contributed by atoms with Gasteiger partial charge in [-0.1, -0.05) is 29.8 Å². The van der Waals surface area contributed by atoms with Crippen LogP contribution in [-0.4, -0.2) is 24.5 Å². The van der Waals surface area contributed by atoms with E-state index in [1.165, 1.54) is 0 Å². The first-order valence-electron chi connectivity index (χ1n) is 4.87. The molecule has 0 bridgehead atoms. The number of carbonyl (C=O) groups excluding carboxylic acids is 1. The zero-order chi connectivity index (χ0) is 11.3. The van der Waals surface area contributed by atoms with Gasteiger partial charge in [0.05, 0.1) is 0 Å². The summed E-state index contributed by atoms with van der Waals surface area (Å²) in [5, 5.41) is 3.42. The molecule has 4 heteroatoms. The Labute approximate surface area is 95.0 Å². The van der Waals surface area contributed by atoms with Crippen LogP contribution in [0.1, 0.15) is 12.5 Å². The third kappa shape index (κ3) is 3.44. The van der Waals surface area contributed by atoms with Crippen LogP contribution in [0, 0.1) is 0 Å². The van der Waals surface area contributed by atoms with Gasteiger partial charge in [0.15, 0.2) is 0 Å². The summed E-state index contributed by atoms with van der Waals surface area (Å²) in [6.45, 7) is 3.04. The first-order valence-corrected chi connectivity index (χ1v) is 5.25. The normalized spacial score (nSPS) is 9.80. The van der Waals surface area contributed by atoms with Gasteiger partial charge in [-0.3, -0.25) is 0 Å². The molecule has 1 N–H and O–H groups in total. The van der Waals surface area contributed by atoms with Crippen LogP contribution in [0.15, 0.2) is 24.3 Å². The highest BCUT2D eigenvalue weighted by Gasteiger charge is 2.08. The SMILES string of the molecule is CCNC(=O)N(C)Cc1ccccc1Cl. The summed E-state index contributed by atoms with van der Waals surface area (Å²) in [7, 11) is 1.74. The molecular weight excluding hydrogens is 212 g/mol. The molecule has 0 aromatic heterocycles. The fraction of sp³-hybridized carbons (Fsp3) is 0.364. The number of amides is 2. The van der Waals surface area contributed by atoms with E-state index < -0.39 is 0 Å². The van der Waals surface area contributed by atoms with Crippen molar-refractivity contribution in [2.45, 2.75) is 13.5 Å². The monoisotopic (exact) mass is 226 g/mol. The van der Waals surface area contributed by atoms with Crippen molar-refractivity contribution < 1.29 is 4.79 Å². The quantitative estimate of drug-likeness (QED) is 0.844. The summed E-state index contributed by atoms with van der Waals surface area (Å²) < 4.78 is 0. The molecule has 1 aromatic carbocycles. The van der Waals surface area contributed by atoms with E-state index in [0.29, 0.717) is 18.1 Å². The van der Waals surface area contributed by atoms with E-state index in [1.54, 1.807) is 11.9 Å². The molecular formula is C11H15ClN2O. The summed E-state index contributed by atoms with van der Waals surface area (Å²) >= 11 is 5.99. The Morgan fingerprint density at radius 3 is 2.73 bits per heavy atom. The van der Waals surface area contributed by atoms with Crippen LogP contribution in [0.5, 0.6) is 0 Å². The summed E-state index contributed by atoms with van der Waals surface area (Å²) in [4.78, 5) is 13.0. The molecule has 0 aliphatic carbocycles. The number of benzene rings is 1. The van der Waals surface area contributed by atoms with Gasteiger partial charge in [0, 0.05) is 25.2 Å². The van der Waals surface area contributed by atoms with Gasteiger partial charge in [0.2, 0.25) is 0 Å². The van der Waals surface area contributed by atoms with Gasteiger partial charge >= 0.3 is 6.03 Å². The Morgan fingerprint density at radius 2 is 2.13 bits per heavy atom. The van der Waals surface area contributed by atoms with E-state index in [9.17, 15) is 4.79 Å². The Balaban J connectivity index is 2.62. The number of halogens is 1. The van der Waals surface area contributed by atoms with E-state index in [2.05, 4.69) is 5.32 Å². The molecule has 0 heterocycles. The highest BCUT2D eigenvalue weighted by molar-refractivity contribution is 6.31. The molecule has 0 aliphatic rings. The standard InChI is InChI=1S/C11H15ClN2O/c1-3-13-11(15)14(2)8-9-6-4-5-7-10(9)12/h4-7H,3,8H2,1-2H3,(H,13,15). The van der Waals surface area contributed by atoms with Crippen LogP contribution in [0.25, 0.3) is 0 Å². The van der Waals surface area contributed by atoms with Crippen molar-refractivity contribution in [1.82, 2.24) is 10.2 Å². The van der Waals surface area contributed by atoms with Crippen LogP contribution in [0.4, 0.5) is 4.79 Å². The molecule has 1 aromatic rings. The summed E-state index contributed by atoms with van der Waals surface area (Å²) in [5.41, 5.74) is 0.952. The second-order valence-electron chi connectivity index (χ2n) is 3.28. The minimum absolute atomic E-state index is 0.0857. The second-order valence-corrected chi connectivity index (χ2v) is 3.69. The van der Waals surface area contributed by atoms with Gasteiger partial charge in [0.25, 0.3) is 0 Å². The highest BCUT2D eigenvalue weighted by atomic mass is 35.5. The van der Waals surface area contributed by atoms with E-state index in [-0.39, 0.29) is 6.03 Å². The minimum atomic E-state index is -0.0857. The van der Waals surface area contributed by atoms with Crippen LogP contribution >= 0.6 is 11.6 Å². The number of hydrogen-bond donors (Lipinski definition) is 1. The molecule has 0 radical (unpaired) electrons. The smallest absolute Gasteiger partial charge is 0.317 e. The van der Waals surface area contributed by atoms with Crippen molar-refractivity contribution in [3.8, 4) is 0 Å². The molecule has 0 saturated heterocycles. The van der Waals surface area contributed by atoms with Crippen LogP contribution < -0.4 is 5.32 Å². The van der Waals surface area contributed by atoms with Gasteiger partial charge in [-0.15, -0.1) is 0 Å². The van der Waals surface area contributed by atoms with E-state index in [4.69, 9.17) is 11.6 Å². The van der Waals surface area contributed by atoms with E-state index in [0.717, 1.165) is 5.56 Å². The molecule has 0 atom stereocenters. The average molecular weight is 227 g/mol. The lowest BCUT2D eigenvalue weighted by atomic mass is 10.2. The topological polar surface area (TPSA) is 32.3 Å². The molecule has 15 heavy (non-hydrogen) atoms. The van der Waals surface area contributed by atoms with Gasteiger partial charge in [-0.2, -0.15) is 0 Å². The maximum Gasteiger partial charge on any atom is 0.317 e. The van der Waals surface area contributed by atoms with Crippen molar-refractivity contribution in [3.63, 3.8) is 0 Å². The first-order chi connectivity index (χ1) is 7.15. The van der Waals surface area contributed by atoms with Gasteiger partial charge in [0.1, 0.15) is 0 Å². The summed E-state index contributed by atoms with van der Waals surface area (Å²) in [6.07, 6.45) is 0. The maximum absolute atomic E-state index is 11.4. The third-order valence-corrected chi connectivity index (χ3v) is 2.41. The number of nitrogens with zero attached hydrogens (tertiary/aromatic N) is 1. The Hall–Kier alpha value is -1.22. The average Bonchev–Trinajstić information content (AvgIpc) is 2.21. The Morgan fingerprint density at radius 1 is 1.47 bits per heavy atom. The van der Waals surface area contributed by atoms with Crippen molar-refractivity contribution in [2.24, 2.45) is 0 Å². The number of hydrogen-bond acceptors (Lipinski definition) is 1. The fourth-order valence-electron chi connectivity index (χ4n) is 1.24. The first kappa shape index (κ1) is 11.9. The largest absolute Gasteiger partial charge is 0.338 e. The zero-order valence-electron chi connectivity index (χ0n) is 8.96. The Kier molecular flexibility index (Phi) is 4.43. The fourth-order valence-corrected chi connectivity index (χ4v) is 1.44. The van der Waals surface area contributed by atoms with E-state index >= 15 is 0 Å². The van der Waals surface area contributed by atoms with Crippen molar-refractivity contribution in [3.05, 3.63) is 34.9 Å². The lowest BCUT2D eigenvalue weighted by molar-refractivity contribution is 0.207. The van der Waals surface area contributed by atoms with E-state index in [1.807, 2.05) is 31.2 Å². The molecule has 2 amide bonds. The maximum atomic E-state index is 11.4. The van der Waals surface area contributed by atoms with Gasteiger partial charge in [-0.05, 0) is 18.6 Å². The van der Waals surface area contributed by atoms with Crippen LogP contribution in [0.2, 0.25) is 5.02 Å². The molecule has 82 valence electrons. The third-order valence-electron chi connectivity index (χ3n) is 2.04. The molecule has 0 spiro atoms. The molecule has 0 saturated carbocycles. The Bertz CT molecular complexity index is 341. The van der Waals surface area contributed by atoms with Crippen LogP contribution in [-0.2, 0) is 6.54 Å². The predicted molar refractivity (Wildman–Crippen MR) is 62.0 cm³/mol. The lowest BCUT2D eigenvalue weighted by Gasteiger charge is -2.17. The van der Waals surface area contributed by atoms with Crippen molar-refractivity contribution in [2.75, 3.05) is 13.6 Å². The van der Waals surface area contributed by atoms with Crippen molar-refractivity contribution >= 4 is 17.6 Å². The minimum Gasteiger partial charge on any atom is -0.338 e. The summed E-state index contributed by atoms with van der Waals surface area (Å²) in [6, 6.07) is 7.43. The highest BCUT2D eigenvalue weighted by Crippen LogP contribution is 2.16. The molecule has 3 nitrogen and oxygen atoms in total. The number of carbonyl (C=O) groups is 1. The predicted octanol–water partition coefficient (Wildman–Crippen LogP) is 2.50. The van der Waals surface area contributed by atoms with Crippen molar-refractivity contribution in [1.29, 1.82) is 0 Å². The lowest BCUT2D eigenvalue weighted by Crippen LogP contribution is -2.36.